The van der Waals surface area contributed by atoms with Crippen molar-refractivity contribution < 1.29 is 28.8 Å². The number of hydrogen-bond acceptors (Lipinski definition) is 11. The molecule has 0 aliphatic carbocycles. The molecule has 0 saturated heterocycles. The van der Waals surface area contributed by atoms with Crippen LogP contribution in [0.25, 0.3) is 0 Å². The zero-order chi connectivity index (χ0) is 32.9. The highest BCUT2D eigenvalue weighted by molar-refractivity contribution is 5.74. The second-order valence-corrected chi connectivity index (χ2v) is 11.5. The van der Waals surface area contributed by atoms with Gasteiger partial charge >= 0.3 is 0 Å². The summed E-state index contributed by atoms with van der Waals surface area (Å²) in [5.41, 5.74) is 7.63. The number of aliphatic hydroxyl groups is 1. The van der Waals surface area contributed by atoms with Gasteiger partial charge in [-0.1, -0.05) is 19.9 Å². The van der Waals surface area contributed by atoms with E-state index in [9.17, 15) is 14.7 Å². The predicted octanol–water partition coefficient (Wildman–Crippen LogP) is 3.38. The predicted molar refractivity (Wildman–Crippen MR) is 177 cm³/mol. The summed E-state index contributed by atoms with van der Waals surface area (Å²) in [6.07, 6.45) is 1.69. The van der Waals surface area contributed by atoms with E-state index in [2.05, 4.69) is 24.5 Å². The number of nitrogens with two attached hydrogens (primary N) is 1. The molecule has 45 heavy (non-hydrogen) atoms. The van der Waals surface area contributed by atoms with Crippen molar-refractivity contribution in [1.29, 1.82) is 0 Å². The van der Waals surface area contributed by atoms with Gasteiger partial charge in [-0.3, -0.25) is 9.59 Å². The molecule has 11 heteroatoms. The van der Waals surface area contributed by atoms with Crippen LogP contribution in [-0.4, -0.2) is 72.0 Å². The van der Waals surface area contributed by atoms with Crippen LogP contribution in [0.4, 0.5) is 11.4 Å². The summed E-state index contributed by atoms with van der Waals surface area (Å²) in [7, 11) is 6.46. The van der Waals surface area contributed by atoms with E-state index in [0.717, 1.165) is 24.0 Å². The van der Waals surface area contributed by atoms with Crippen LogP contribution in [0.2, 0.25) is 0 Å². The lowest BCUT2D eigenvalue weighted by Crippen LogP contribution is -2.44. The van der Waals surface area contributed by atoms with Crippen LogP contribution in [0.5, 0.6) is 23.0 Å². The molecule has 3 aromatic carbocycles. The third-order valence-corrected chi connectivity index (χ3v) is 8.07. The van der Waals surface area contributed by atoms with Gasteiger partial charge in [0, 0.05) is 39.3 Å². The Morgan fingerprint density at radius 2 is 1.53 bits per heavy atom. The summed E-state index contributed by atoms with van der Waals surface area (Å²) in [5.74, 6) is 3.24. The van der Waals surface area contributed by atoms with E-state index < -0.39 is 23.0 Å². The molecular formula is C34H49N3O8. The van der Waals surface area contributed by atoms with Crippen molar-refractivity contribution in [1.82, 2.24) is 0 Å². The normalized spacial score (nSPS) is 13.4. The van der Waals surface area contributed by atoms with Gasteiger partial charge < -0.3 is 45.2 Å². The fourth-order valence-corrected chi connectivity index (χ4v) is 5.23. The first-order valence-electron chi connectivity index (χ1n) is 15.4. The van der Waals surface area contributed by atoms with Gasteiger partial charge in [0.15, 0.2) is 11.5 Å². The van der Waals surface area contributed by atoms with Gasteiger partial charge in [0.05, 0.1) is 34.0 Å². The minimum absolute atomic E-state index is 0.0389. The van der Waals surface area contributed by atoms with Crippen LogP contribution in [0.1, 0.15) is 37.8 Å². The summed E-state index contributed by atoms with van der Waals surface area (Å²) in [5, 5.41) is 16.9. The number of anilines is 2. The molecule has 11 nitrogen and oxygen atoms in total. The van der Waals surface area contributed by atoms with E-state index in [1.54, 1.807) is 28.4 Å². The Balaban J connectivity index is 1.56. The van der Waals surface area contributed by atoms with Crippen LogP contribution < -0.4 is 46.2 Å². The van der Waals surface area contributed by atoms with Gasteiger partial charge in [0.2, 0.25) is 0 Å². The van der Waals surface area contributed by atoms with Crippen molar-refractivity contribution in [3.8, 4) is 23.0 Å². The van der Waals surface area contributed by atoms with Gasteiger partial charge in [-0.2, -0.15) is 0 Å². The van der Waals surface area contributed by atoms with E-state index >= 15 is 0 Å². The van der Waals surface area contributed by atoms with E-state index in [0.29, 0.717) is 61.5 Å². The first-order chi connectivity index (χ1) is 21.6. The molecule has 0 unspecified atom stereocenters. The second-order valence-electron chi connectivity index (χ2n) is 11.5. The van der Waals surface area contributed by atoms with Crippen LogP contribution in [-0.2, 0) is 17.6 Å². The molecule has 0 fully saturated rings. The fraction of sp³-hybridized carbons (Fsp3) is 0.529. The Labute approximate surface area is 265 Å². The first-order valence-corrected chi connectivity index (χ1v) is 15.4. The molecule has 248 valence electrons. The Kier molecular flexibility index (Phi) is 14.0. The zero-order valence-electron chi connectivity index (χ0n) is 27.3. The molecule has 0 spiro atoms. The molecule has 3 aromatic rings. The van der Waals surface area contributed by atoms with Gasteiger partial charge in [-0.25, -0.2) is 0 Å². The number of rotatable bonds is 21. The summed E-state index contributed by atoms with van der Waals surface area (Å²) >= 11 is 0. The van der Waals surface area contributed by atoms with Crippen molar-refractivity contribution >= 4 is 11.4 Å². The zero-order valence-corrected chi connectivity index (χ0v) is 27.3. The maximum absolute atomic E-state index is 12.3. The third kappa shape index (κ3) is 9.84. The molecule has 0 amide bonds. The summed E-state index contributed by atoms with van der Waals surface area (Å²) in [6.45, 7) is 5.84. The van der Waals surface area contributed by atoms with Crippen LogP contribution in [0, 0.1) is 11.8 Å². The molecule has 0 heterocycles. The number of ether oxygens (including phenoxy) is 5. The summed E-state index contributed by atoms with van der Waals surface area (Å²) < 4.78 is 27.2. The molecular weight excluding hydrogens is 578 g/mol. The smallest absolute Gasteiger partial charge is 0.253 e. The second kappa shape index (κ2) is 17.6. The SMILES string of the molecule is COCCCOc1cc(C[C@@H](C[C@H](N)[C@@H](O)CNc2c(NCCc3cc(OC)ccc3OC)c(=O)c2=O)C(C)C)ccc1OC. The van der Waals surface area contributed by atoms with E-state index in [-0.39, 0.29) is 23.8 Å². The van der Waals surface area contributed by atoms with Crippen molar-refractivity contribution in [2.75, 3.05) is 65.4 Å². The van der Waals surface area contributed by atoms with Gasteiger partial charge in [-0.15, -0.1) is 0 Å². The highest BCUT2D eigenvalue weighted by atomic mass is 16.5. The lowest BCUT2D eigenvalue weighted by molar-refractivity contribution is 0.137. The standard InChI is InChI=1S/C34H49N3O8/c1-21(2)24(16-22-8-10-29(44-6)30(17-22)45-15-7-14-41-3)19-26(35)27(38)20-37-32-31(33(39)34(32)40)36-13-12-23-18-25(42-4)9-11-28(23)43-5/h8-11,17-18,21,24,26-27,36-38H,7,12-16,19-20,35H2,1-6H3/t24-,26-,27-/m0/s1. The highest BCUT2D eigenvalue weighted by Gasteiger charge is 2.26. The third-order valence-electron chi connectivity index (χ3n) is 8.07. The minimum Gasteiger partial charge on any atom is -0.497 e. The molecule has 5 N–H and O–H groups in total. The highest BCUT2D eigenvalue weighted by Crippen LogP contribution is 2.31. The maximum atomic E-state index is 12.3. The number of benzene rings is 2. The quantitative estimate of drug-likeness (QED) is 0.102. The Morgan fingerprint density at radius 3 is 2.18 bits per heavy atom. The first kappa shape index (κ1) is 35.7. The Hall–Kier alpha value is -3.80. The lowest BCUT2D eigenvalue weighted by atomic mass is 9.83. The summed E-state index contributed by atoms with van der Waals surface area (Å²) in [4.78, 5) is 24.6. The van der Waals surface area contributed by atoms with Crippen molar-refractivity contribution in [3.05, 3.63) is 68.0 Å². The Morgan fingerprint density at radius 1 is 0.844 bits per heavy atom. The van der Waals surface area contributed by atoms with Crippen LogP contribution in [0.15, 0.2) is 46.0 Å². The molecule has 0 saturated carbocycles. The topological polar surface area (TPSA) is 151 Å². The van der Waals surface area contributed by atoms with E-state index in [4.69, 9.17) is 29.4 Å². The molecule has 3 atom stereocenters. The van der Waals surface area contributed by atoms with Crippen molar-refractivity contribution in [2.24, 2.45) is 17.6 Å². The van der Waals surface area contributed by atoms with Gasteiger partial charge in [0.25, 0.3) is 10.9 Å². The number of methoxy groups -OCH3 is 4. The Bertz CT molecular complexity index is 1420. The van der Waals surface area contributed by atoms with Crippen LogP contribution in [0.3, 0.4) is 0 Å². The summed E-state index contributed by atoms with van der Waals surface area (Å²) in [6, 6.07) is 10.9. The molecule has 3 rings (SSSR count). The van der Waals surface area contributed by atoms with Crippen LogP contribution >= 0.6 is 0 Å². The number of aliphatic hydroxyl groups excluding tert-OH is 1. The average molecular weight is 628 g/mol. The molecule has 0 aromatic heterocycles. The number of hydrogen-bond donors (Lipinski definition) is 4. The monoisotopic (exact) mass is 627 g/mol. The molecule has 0 aliphatic heterocycles. The minimum atomic E-state index is -0.930. The van der Waals surface area contributed by atoms with E-state index in [1.165, 1.54) is 0 Å². The van der Waals surface area contributed by atoms with Crippen molar-refractivity contribution in [2.45, 2.75) is 51.7 Å². The average Bonchev–Trinajstić information content (AvgIpc) is 3.05. The van der Waals surface area contributed by atoms with E-state index in [1.807, 2.05) is 36.4 Å². The lowest BCUT2D eigenvalue weighted by Gasteiger charge is -2.28. The largest absolute Gasteiger partial charge is 0.497 e. The number of nitrogens with one attached hydrogen (secondary N) is 2. The molecule has 0 bridgehead atoms. The maximum Gasteiger partial charge on any atom is 0.253 e. The molecule has 0 radical (unpaired) electrons. The molecule has 0 aliphatic rings. The fourth-order valence-electron chi connectivity index (χ4n) is 5.23. The van der Waals surface area contributed by atoms with Crippen molar-refractivity contribution in [3.63, 3.8) is 0 Å². The van der Waals surface area contributed by atoms with Gasteiger partial charge in [-0.05, 0) is 72.6 Å². The van der Waals surface area contributed by atoms with Gasteiger partial charge in [0.1, 0.15) is 22.9 Å².